The highest BCUT2D eigenvalue weighted by atomic mass is 79.9. The van der Waals surface area contributed by atoms with E-state index in [1.807, 2.05) is 18.2 Å². The standard InChI is InChI=1S/C14H10BrNO3S/c15-9-2-1-3-11(13(9)14(16)20)19-8-4-5-10-12(6-8)18-7-17-10/h1-6H,7H2,(H2,16,20). The minimum Gasteiger partial charge on any atom is -0.456 e. The van der Waals surface area contributed by atoms with Crippen molar-refractivity contribution in [1.82, 2.24) is 0 Å². The molecule has 0 unspecified atom stereocenters. The summed E-state index contributed by atoms with van der Waals surface area (Å²) in [5.41, 5.74) is 6.40. The van der Waals surface area contributed by atoms with E-state index in [4.69, 9.17) is 32.2 Å². The summed E-state index contributed by atoms with van der Waals surface area (Å²) in [4.78, 5) is 0.271. The number of rotatable bonds is 3. The van der Waals surface area contributed by atoms with Crippen LogP contribution < -0.4 is 19.9 Å². The van der Waals surface area contributed by atoms with E-state index in [0.717, 1.165) is 4.47 Å². The fourth-order valence-electron chi connectivity index (χ4n) is 1.90. The van der Waals surface area contributed by atoms with Gasteiger partial charge in [0.2, 0.25) is 6.79 Å². The molecule has 1 aliphatic heterocycles. The van der Waals surface area contributed by atoms with Crippen molar-refractivity contribution in [3.8, 4) is 23.0 Å². The van der Waals surface area contributed by atoms with Gasteiger partial charge in [0.15, 0.2) is 11.5 Å². The molecule has 0 bridgehead atoms. The quantitative estimate of drug-likeness (QED) is 0.856. The molecule has 102 valence electrons. The number of ether oxygens (including phenoxy) is 3. The van der Waals surface area contributed by atoms with Crippen molar-refractivity contribution in [2.75, 3.05) is 6.79 Å². The number of hydrogen-bond acceptors (Lipinski definition) is 4. The molecule has 0 spiro atoms. The van der Waals surface area contributed by atoms with Gasteiger partial charge in [0.25, 0.3) is 0 Å². The Labute approximate surface area is 129 Å². The molecular weight excluding hydrogens is 342 g/mol. The molecule has 2 N–H and O–H groups in total. The predicted molar refractivity (Wildman–Crippen MR) is 82.7 cm³/mol. The van der Waals surface area contributed by atoms with Crippen LogP contribution >= 0.6 is 28.1 Å². The zero-order valence-electron chi connectivity index (χ0n) is 10.3. The molecule has 2 aromatic carbocycles. The highest BCUT2D eigenvalue weighted by Gasteiger charge is 2.16. The van der Waals surface area contributed by atoms with Crippen LogP contribution in [0.15, 0.2) is 40.9 Å². The molecular formula is C14H10BrNO3S. The number of nitrogens with two attached hydrogens (primary N) is 1. The van der Waals surface area contributed by atoms with Crippen molar-refractivity contribution in [3.63, 3.8) is 0 Å². The monoisotopic (exact) mass is 351 g/mol. The van der Waals surface area contributed by atoms with Crippen LogP contribution in [0.5, 0.6) is 23.0 Å². The SMILES string of the molecule is NC(=S)c1c(Br)cccc1Oc1ccc2c(c1)OCO2. The van der Waals surface area contributed by atoms with E-state index in [9.17, 15) is 0 Å². The summed E-state index contributed by atoms with van der Waals surface area (Å²) in [6.07, 6.45) is 0. The third-order valence-electron chi connectivity index (χ3n) is 2.79. The molecule has 6 heteroatoms. The van der Waals surface area contributed by atoms with E-state index in [-0.39, 0.29) is 11.8 Å². The molecule has 0 atom stereocenters. The van der Waals surface area contributed by atoms with Gasteiger partial charge in [0.1, 0.15) is 16.5 Å². The molecule has 1 aliphatic rings. The summed E-state index contributed by atoms with van der Waals surface area (Å²) < 4.78 is 17.2. The van der Waals surface area contributed by atoms with Crippen LogP contribution in [0.1, 0.15) is 5.56 Å². The summed E-state index contributed by atoms with van der Waals surface area (Å²) in [7, 11) is 0. The third kappa shape index (κ3) is 2.44. The molecule has 3 rings (SSSR count). The molecule has 0 radical (unpaired) electrons. The normalized spacial score (nSPS) is 12.2. The van der Waals surface area contributed by atoms with Gasteiger partial charge in [0.05, 0.1) is 5.56 Å². The molecule has 2 aromatic rings. The maximum Gasteiger partial charge on any atom is 0.231 e. The van der Waals surface area contributed by atoms with E-state index in [0.29, 0.717) is 28.6 Å². The lowest BCUT2D eigenvalue weighted by atomic mass is 10.2. The molecule has 0 aromatic heterocycles. The van der Waals surface area contributed by atoms with Gasteiger partial charge in [-0.3, -0.25) is 0 Å². The van der Waals surface area contributed by atoms with Gasteiger partial charge in [-0.1, -0.05) is 18.3 Å². The Kier molecular flexibility index (Phi) is 3.50. The lowest BCUT2D eigenvalue weighted by Gasteiger charge is -2.12. The van der Waals surface area contributed by atoms with Crippen LogP contribution in [-0.4, -0.2) is 11.8 Å². The molecule has 0 fully saturated rings. The molecule has 0 saturated carbocycles. The number of benzene rings is 2. The van der Waals surface area contributed by atoms with Gasteiger partial charge >= 0.3 is 0 Å². The molecule has 4 nitrogen and oxygen atoms in total. The van der Waals surface area contributed by atoms with E-state index in [1.54, 1.807) is 18.2 Å². The van der Waals surface area contributed by atoms with Crippen molar-refractivity contribution >= 4 is 33.1 Å². The smallest absolute Gasteiger partial charge is 0.231 e. The minimum absolute atomic E-state index is 0.230. The van der Waals surface area contributed by atoms with Crippen LogP contribution in [0, 0.1) is 0 Å². The largest absolute Gasteiger partial charge is 0.456 e. The minimum atomic E-state index is 0.230. The summed E-state index contributed by atoms with van der Waals surface area (Å²) in [5.74, 6) is 2.59. The topological polar surface area (TPSA) is 53.7 Å². The zero-order chi connectivity index (χ0) is 14.1. The highest BCUT2D eigenvalue weighted by Crippen LogP contribution is 2.38. The fourth-order valence-corrected chi connectivity index (χ4v) is 2.80. The Morgan fingerprint density at radius 2 is 2.00 bits per heavy atom. The van der Waals surface area contributed by atoms with Crippen molar-refractivity contribution in [2.24, 2.45) is 5.73 Å². The summed E-state index contributed by atoms with van der Waals surface area (Å²) in [6.45, 7) is 0.230. The Balaban J connectivity index is 1.95. The van der Waals surface area contributed by atoms with Crippen LogP contribution in [0.2, 0.25) is 0 Å². The predicted octanol–water partition coefficient (Wildman–Crippen LogP) is 3.60. The van der Waals surface area contributed by atoms with Gasteiger partial charge < -0.3 is 19.9 Å². The van der Waals surface area contributed by atoms with Gasteiger partial charge in [0, 0.05) is 10.5 Å². The van der Waals surface area contributed by atoms with Crippen molar-refractivity contribution in [3.05, 3.63) is 46.4 Å². The number of thiocarbonyl (C=S) groups is 1. The zero-order valence-corrected chi connectivity index (χ0v) is 12.7. The second-order valence-corrected chi connectivity index (χ2v) is 5.39. The average Bonchev–Trinajstić information content (AvgIpc) is 2.85. The van der Waals surface area contributed by atoms with E-state index < -0.39 is 0 Å². The second-order valence-electron chi connectivity index (χ2n) is 4.09. The fraction of sp³-hybridized carbons (Fsp3) is 0.0714. The molecule has 0 aliphatic carbocycles. The Morgan fingerprint density at radius 1 is 1.20 bits per heavy atom. The lowest BCUT2D eigenvalue weighted by molar-refractivity contribution is 0.174. The van der Waals surface area contributed by atoms with E-state index >= 15 is 0 Å². The lowest BCUT2D eigenvalue weighted by Crippen LogP contribution is -2.11. The molecule has 0 saturated heterocycles. The first-order valence-corrected chi connectivity index (χ1v) is 7.01. The Hall–Kier alpha value is -1.79. The van der Waals surface area contributed by atoms with Crippen LogP contribution in [-0.2, 0) is 0 Å². The maximum absolute atomic E-state index is 5.84. The third-order valence-corrected chi connectivity index (χ3v) is 3.66. The van der Waals surface area contributed by atoms with Gasteiger partial charge in [-0.2, -0.15) is 0 Å². The Morgan fingerprint density at radius 3 is 2.80 bits per heavy atom. The number of hydrogen-bond donors (Lipinski definition) is 1. The van der Waals surface area contributed by atoms with Crippen LogP contribution in [0.25, 0.3) is 0 Å². The van der Waals surface area contributed by atoms with Crippen molar-refractivity contribution in [2.45, 2.75) is 0 Å². The first kappa shape index (κ1) is 13.2. The van der Waals surface area contributed by atoms with Crippen LogP contribution in [0.4, 0.5) is 0 Å². The van der Waals surface area contributed by atoms with Gasteiger partial charge in [-0.15, -0.1) is 0 Å². The maximum atomic E-state index is 5.84. The first-order valence-electron chi connectivity index (χ1n) is 5.81. The molecule has 1 heterocycles. The summed E-state index contributed by atoms with van der Waals surface area (Å²) >= 11 is 8.47. The first-order chi connectivity index (χ1) is 9.65. The number of halogens is 1. The number of fused-ring (bicyclic) bond motifs is 1. The van der Waals surface area contributed by atoms with Crippen molar-refractivity contribution < 1.29 is 14.2 Å². The van der Waals surface area contributed by atoms with Crippen LogP contribution in [0.3, 0.4) is 0 Å². The Bertz CT molecular complexity index is 690. The summed E-state index contributed by atoms with van der Waals surface area (Å²) in [6, 6.07) is 10.9. The van der Waals surface area contributed by atoms with E-state index in [2.05, 4.69) is 15.9 Å². The summed E-state index contributed by atoms with van der Waals surface area (Å²) in [5, 5.41) is 0. The van der Waals surface area contributed by atoms with Gasteiger partial charge in [-0.05, 0) is 40.2 Å². The molecule has 20 heavy (non-hydrogen) atoms. The molecule has 0 amide bonds. The highest BCUT2D eigenvalue weighted by molar-refractivity contribution is 9.10. The van der Waals surface area contributed by atoms with E-state index in [1.165, 1.54) is 0 Å². The van der Waals surface area contributed by atoms with Gasteiger partial charge in [-0.25, -0.2) is 0 Å². The average molecular weight is 352 g/mol. The van der Waals surface area contributed by atoms with Crippen molar-refractivity contribution in [1.29, 1.82) is 0 Å². The second kappa shape index (κ2) is 5.30.